The standard InChI is InChI=1S/C19H34O3Si/c1-18(2,3)23(6,7)22-17-9-8-14-15(17)10-13(20)11-19(4,5)12-16(14)21/h14-15,17H,8-12H2,1-7H3/t14-,15-,17?/m0/s1. The molecule has 1 unspecified atom stereocenters. The molecule has 0 radical (unpaired) electrons. The van der Waals surface area contributed by atoms with Crippen molar-refractivity contribution in [1.82, 2.24) is 0 Å². The summed E-state index contributed by atoms with van der Waals surface area (Å²) in [6.07, 6.45) is 3.50. The monoisotopic (exact) mass is 338 g/mol. The Labute approximate surface area is 142 Å². The number of rotatable bonds is 2. The molecule has 0 amide bonds. The van der Waals surface area contributed by atoms with Crippen LogP contribution in [0.3, 0.4) is 0 Å². The molecular formula is C19H34O3Si. The Morgan fingerprint density at radius 3 is 2.26 bits per heavy atom. The van der Waals surface area contributed by atoms with Crippen LogP contribution >= 0.6 is 0 Å². The quantitative estimate of drug-likeness (QED) is 0.682. The van der Waals surface area contributed by atoms with Gasteiger partial charge in [0.15, 0.2) is 8.32 Å². The third kappa shape index (κ3) is 4.14. The van der Waals surface area contributed by atoms with Crippen LogP contribution in [0, 0.1) is 17.3 Å². The van der Waals surface area contributed by atoms with E-state index in [0.29, 0.717) is 30.8 Å². The lowest BCUT2D eigenvalue weighted by Crippen LogP contribution is -2.46. The highest BCUT2D eigenvalue weighted by molar-refractivity contribution is 6.74. The average Bonchev–Trinajstić information content (AvgIpc) is 2.67. The van der Waals surface area contributed by atoms with Gasteiger partial charge in [0, 0.05) is 37.2 Å². The molecule has 2 fully saturated rings. The van der Waals surface area contributed by atoms with Gasteiger partial charge in [-0.3, -0.25) is 9.59 Å². The molecule has 0 aromatic carbocycles. The zero-order valence-electron chi connectivity index (χ0n) is 16.0. The molecule has 0 aromatic heterocycles. The first-order chi connectivity index (χ1) is 10.3. The van der Waals surface area contributed by atoms with Crippen molar-refractivity contribution in [3.63, 3.8) is 0 Å². The Bertz CT molecular complexity index is 487. The van der Waals surface area contributed by atoms with Gasteiger partial charge in [0.25, 0.3) is 0 Å². The largest absolute Gasteiger partial charge is 0.414 e. The number of hydrogen-bond donors (Lipinski definition) is 0. The van der Waals surface area contributed by atoms with Gasteiger partial charge >= 0.3 is 0 Å². The first-order valence-electron chi connectivity index (χ1n) is 9.05. The van der Waals surface area contributed by atoms with Crippen molar-refractivity contribution in [3.05, 3.63) is 0 Å². The topological polar surface area (TPSA) is 43.4 Å². The second-order valence-corrected chi connectivity index (χ2v) is 14.7. The highest BCUT2D eigenvalue weighted by atomic mass is 28.4. The van der Waals surface area contributed by atoms with Crippen molar-refractivity contribution in [3.8, 4) is 0 Å². The zero-order valence-corrected chi connectivity index (χ0v) is 17.0. The molecular weight excluding hydrogens is 304 g/mol. The predicted octanol–water partition coefficient (Wildman–Crippen LogP) is 4.75. The molecule has 132 valence electrons. The maximum absolute atomic E-state index is 12.7. The lowest BCUT2D eigenvalue weighted by molar-refractivity contribution is -0.132. The van der Waals surface area contributed by atoms with Crippen LogP contribution in [0.25, 0.3) is 0 Å². The van der Waals surface area contributed by atoms with Gasteiger partial charge in [-0.2, -0.15) is 0 Å². The maximum Gasteiger partial charge on any atom is 0.192 e. The van der Waals surface area contributed by atoms with E-state index in [9.17, 15) is 9.59 Å². The van der Waals surface area contributed by atoms with Crippen molar-refractivity contribution >= 4 is 19.9 Å². The number of fused-ring (bicyclic) bond motifs is 1. The van der Waals surface area contributed by atoms with E-state index in [1.807, 2.05) is 13.8 Å². The van der Waals surface area contributed by atoms with Gasteiger partial charge in [-0.1, -0.05) is 34.6 Å². The maximum atomic E-state index is 12.7. The van der Waals surface area contributed by atoms with Gasteiger partial charge in [0.1, 0.15) is 11.6 Å². The summed E-state index contributed by atoms with van der Waals surface area (Å²) in [6.45, 7) is 15.3. The molecule has 0 N–H and O–H groups in total. The Balaban J connectivity index is 2.19. The number of Topliss-reactive ketones (excluding diaryl/α,β-unsaturated/α-hetero) is 2. The van der Waals surface area contributed by atoms with Crippen LogP contribution in [0.1, 0.15) is 66.7 Å². The fourth-order valence-corrected chi connectivity index (χ4v) is 5.34. The molecule has 0 bridgehead atoms. The molecule has 4 heteroatoms. The van der Waals surface area contributed by atoms with Crippen molar-refractivity contribution in [1.29, 1.82) is 0 Å². The predicted molar refractivity (Wildman–Crippen MR) is 95.9 cm³/mol. The number of hydrogen-bond acceptors (Lipinski definition) is 3. The van der Waals surface area contributed by atoms with E-state index in [0.717, 1.165) is 12.8 Å². The number of carbonyl (C=O) groups is 2. The molecule has 3 nitrogen and oxygen atoms in total. The molecule has 2 saturated carbocycles. The van der Waals surface area contributed by atoms with E-state index < -0.39 is 8.32 Å². The van der Waals surface area contributed by atoms with Crippen molar-refractivity contribution < 1.29 is 14.0 Å². The highest BCUT2D eigenvalue weighted by Gasteiger charge is 2.48. The summed E-state index contributed by atoms with van der Waals surface area (Å²) in [5.41, 5.74) is -0.183. The van der Waals surface area contributed by atoms with Crippen LogP contribution in [0.4, 0.5) is 0 Å². The molecule has 3 atom stereocenters. The van der Waals surface area contributed by atoms with E-state index in [-0.39, 0.29) is 28.4 Å². The van der Waals surface area contributed by atoms with Crippen LogP contribution in [0.2, 0.25) is 18.1 Å². The lowest BCUT2D eigenvalue weighted by atomic mass is 9.72. The third-order valence-electron chi connectivity index (χ3n) is 6.21. The summed E-state index contributed by atoms with van der Waals surface area (Å²) in [7, 11) is -1.87. The lowest BCUT2D eigenvalue weighted by Gasteiger charge is -2.41. The number of ketones is 2. The Hall–Kier alpha value is -0.483. The first-order valence-corrected chi connectivity index (χ1v) is 12.0. The van der Waals surface area contributed by atoms with Crippen molar-refractivity contribution in [2.75, 3.05) is 0 Å². The third-order valence-corrected chi connectivity index (χ3v) is 10.7. The van der Waals surface area contributed by atoms with Gasteiger partial charge in [-0.05, 0) is 36.4 Å². The van der Waals surface area contributed by atoms with Gasteiger partial charge < -0.3 is 4.43 Å². The van der Waals surface area contributed by atoms with Crippen molar-refractivity contribution in [2.24, 2.45) is 17.3 Å². The molecule has 2 rings (SSSR count). The number of carbonyl (C=O) groups excluding carboxylic acids is 2. The second kappa shape index (κ2) is 6.11. The summed E-state index contributed by atoms with van der Waals surface area (Å²) in [4.78, 5) is 25.2. The molecule has 0 aromatic rings. The Kier molecular flexibility index (Phi) is 5.00. The molecule has 2 aliphatic carbocycles. The van der Waals surface area contributed by atoms with Gasteiger partial charge in [0.05, 0.1) is 0 Å². The minimum atomic E-state index is -1.87. The minimum absolute atomic E-state index is 0.0355. The van der Waals surface area contributed by atoms with Crippen molar-refractivity contribution in [2.45, 2.75) is 91.0 Å². The van der Waals surface area contributed by atoms with Crippen LogP contribution in [-0.2, 0) is 14.0 Å². The van der Waals surface area contributed by atoms with E-state index in [1.165, 1.54) is 0 Å². The summed E-state index contributed by atoms with van der Waals surface area (Å²) in [5.74, 6) is 0.811. The van der Waals surface area contributed by atoms with E-state index in [2.05, 4.69) is 33.9 Å². The summed E-state index contributed by atoms with van der Waals surface area (Å²) in [5, 5.41) is 0.155. The van der Waals surface area contributed by atoms with E-state index in [4.69, 9.17) is 4.43 Å². The molecule has 2 aliphatic rings. The second-order valence-electron chi connectivity index (χ2n) is 9.99. The summed E-state index contributed by atoms with van der Waals surface area (Å²) < 4.78 is 6.61. The minimum Gasteiger partial charge on any atom is -0.414 e. The molecule has 23 heavy (non-hydrogen) atoms. The molecule has 0 aliphatic heterocycles. The van der Waals surface area contributed by atoms with Crippen LogP contribution in [0.5, 0.6) is 0 Å². The van der Waals surface area contributed by atoms with Crippen LogP contribution in [-0.4, -0.2) is 26.0 Å². The first kappa shape index (κ1) is 18.8. The van der Waals surface area contributed by atoms with E-state index in [1.54, 1.807) is 0 Å². The van der Waals surface area contributed by atoms with Gasteiger partial charge in [0.2, 0.25) is 0 Å². The molecule has 0 spiro atoms. The Morgan fingerprint density at radius 2 is 1.70 bits per heavy atom. The van der Waals surface area contributed by atoms with Crippen LogP contribution < -0.4 is 0 Å². The zero-order chi connectivity index (χ0) is 17.6. The van der Waals surface area contributed by atoms with Gasteiger partial charge in [-0.25, -0.2) is 0 Å². The highest BCUT2D eigenvalue weighted by Crippen LogP contribution is 2.46. The normalized spacial score (nSPS) is 32.4. The van der Waals surface area contributed by atoms with Gasteiger partial charge in [-0.15, -0.1) is 0 Å². The molecule has 0 saturated heterocycles. The van der Waals surface area contributed by atoms with Crippen LogP contribution in [0.15, 0.2) is 0 Å². The fraction of sp³-hybridized carbons (Fsp3) is 0.895. The summed E-state index contributed by atoms with van der Waals surface area (Å²) in [6, 6.07) is 0. The fourth-order valence-electron chi connectivity index (χ4n) is 3.94. The smallest absolute Gasteiger partial charge is 0.192 e. The Morgan fingerprint density at radius 1 is 1.09 bits per heavy atom. The summed E-state index contributed by atoms with van der Waals surface area (Å²) >= 11 is 0. The van der Waals surface area contributed by atoms with E-state index >= 15 is 0 Å². The molecule has 0 heterocycles. The average molecular weight is 339 g/mol. The SMILES string of the molecule is CC1(C)CC(=O)C[C@@H]2C(O[Si](C)(C)C(C)(C)C)CC[C@@H]2C(=O)C1.